The van der Waals surface area contributed by atoms with Crippen molar-refractivity contribution in [3.05, 3.63) is 23.8 Å². The van der Waals surface area contributed by atoms with Gasteiger partial charge in [0.1, 0.15) is 11.5 Å². The summed E-state index contributed by atoms with van der Waals surface area (Å²) in [6.07, 6.45) is 0. The molecule has 0 amide bonds. The summed E-state index contributed by atoms with van der Waals surface area (Å²) in [7, 11) is 0. The summed E-state index contributed by atoms with van der Waals surface area (Å²) in [4.78, 5) is 0. The molecule has 0 aliphatic rings. The van der Waals surface area contributed by atoms with Crippen molar-refractivity contribution in [3.63, 3.8) is 0 Å². The van der Waals surface area contributed by atoms with Gasteiger partial charge in [0.05, 0.1) is 13.2 Å². The molecular formula is C15H25NO2. The summed E-state index contributed by atoms with van der Waals surface area (Å²) < 4.78 is 11.6. The lowest BCUT2D eigenvalue weighted by Gasteiger charge is -2.17. The average molecular weight is 251 g/mol. The largest absolute Gasteiger partial charge is 0.493 e. The van der Waals surface area contributed by atoms with Crippen LogP contribution in [0.15, 0.2) is 18.2 Å². The Morgan fingerprint density at radius 1 is 0.944 bits per heavy atom. The summed E-state index contributed by atoms with van der Waals surface area (Å²) in [5.74, 6) is 2.67. The van der Waals surface area contributed by atoms with Gasteiger partial charge >= 0.3 is 0 Å². The van der Waals surface area contributed by atoms with Crippen LogP contribution in [0.1, 0.15) is 33.3 Å². The van der Waals surface area contributed by atoms with Crippen LogP contribution in [0.4, 0.5) is 0 Å². The molecule has 102 valence electrons. The van der Waals surface area contributed by atoms with Crippen molar-refractivity contribution < 1.29 is 9.47 Å². The van der Waals surface area contributed by atoms with Crippen LogP contribution in [0.5, 0.6) is 11.5 Å². The number of hydrogen-bond donors (Lipinski definition) is 1. The molecule has 0 heterocycles. The third-order valence-corrected chi connectivity index (χ3v) is 2.44. The average Bonchev–Trinajstić information content (AvgIpc) is 2.33. The molecule has 2 N–H and O–H groups in total. The van der Waals surface area contributed by atoms with Crippen LogP contribution >= 0.6 is 0 Å². The highest BCUT2D eigenvalue weighted by atomic mass is 16.5. The Bertz CT molecular complexity index is 331. The van der Waals surface area contributed by atoms with Crippen molar-refractivity contribution in [2.75, 3.05) is 13.2 Å². The van der Waals surface area contributed by atoms with Gasteiger partial charge in [-0.1, -0.05) is 33.8 Å². The van der Waals surface area contributed by atoms with Gasteiger partial charge in [0, 0.05) is 12.1 Å². The Labute approximate surface area is 110 Å². The third kappa shape index (κ3) is 4.57. The van der Waals surface area contributed by atoms with Gasteiger partial charge in [0.2, 0.25) is 0 Å². The van der Waals surface area contributed by atoms with Gasteiger partial charge in [0.25, 0.3) is 0 Å². The number of nitrogens with two attached hydrogens (primary N) is 1. The van der Waals surface area contributed by atoms with Crippen molar-refractivity contribution in [3.8, 4) is 11.5 Å². The zero-order chi connectivity index (χ0) is 13.5. The summed E-state index contributed by atoms with van der Waals surface area (Å²) in [5.41, 5.74) is 6.76. The van der Waals surface area contributed by atoms with Crippen LogP contribution in [-0.4, -0.2) is 13.2 Å². The van der Waals surface area contributed by atoms with Crippen molar-refractivity contribution in [2.24, 2.45) is 17.6 Å². The zero-order valence-corrected chi connectivity index (χ0v) is 11.9. The van der Waals surface area contributed by atoms with Gasteiger partial charge in [-0.15, -0.1) is 0 Å². The molecule has 0 unspecified atom stereocenters. The quantitative estimate of drug-likeness (QED) is 0.809. The van der Waals surface area contributed by atoms with E-state index in [2.05, 4.69) is 27.7 Å². The first kappa shape index (κ1) is 14.8. The molecule has 0 fully saturated rings. The Balaban J connectivity index is 2.81. The summed E-state index contributed by atoms with van der Waals surface area (Å²) >= 11 is 0. The maximum absolute atomic E-state index is 5.80. The molecule has 3 heteroatoms. The predicted octanol–water partition coefficient (Wildman–Crippen LogP) is 3.21. The number of benzene rings is 1. The molecule has 0 atom stereocenters. The molecule has 0 saturated carbocycles. The van der Waals surface area contributed by atoms with E-state index in [4.69, 9.17) is 15.2 Å². The minimum Gasteiger partial charge on any atom is -0.493 e. The Morgan fingerprint density at radius 3 is 1.72 bits per heavy atom. The summed E-state index contributed by atoms with van der Waals surface area (Å²) in [5, 5.41) is 0. The second-order valence-electron chi connectivity index (χ2n) is 5.35. The molecule has 0 radical (unpaired) electrons. The van der Waals surface area contributed by atoms with Crippen molar-refractivity contribution in [1.82, 2.24) is 0 Å². The number of hydrogen-bond acceptors (Lipinski definition) is 3. The lowest BCUT2D eigenvalue weighted by molar-refractivity contribution is 0.253. The van der Waals surface area contributed by atoms with Crippen molar-refractivity contribution in [2.45, 2.75) is 34.2 Å². The normalized spacial score (nSPS) is 11.1. The van der Waals surface area contributed by atoms with Crippen LogP contribution < -0.4 is 15.2 Å². The van der Waals surface area contributed by atoms with E-state index in [0.717, 1.165) is 17.1 Å². The zero-order valence-electron chi connectivity index (χ0n) is 11.9. The smallest absolute Gasteiger partial charge is 0.127 e. The second kappa shape index (κ2) is 7.27. The number of ether oxygens (including phenoxy) is 2. The predicted molar refractivity (Wildman–Crippen MR) is 75.0 cm³/mol. The molecule has 0 saturated heterocycles. The second-order valence-corrected chi connectivity index (χ2v) is 5.35. The van der Waals surface area contributed by atoms with E-state index in [-0.39, 0.29) is 0 Å². The SMILES string of the molecule is CC(C)COc1cccc(OCC(C)C)c1CN. The third-order valence-electron chi connectivity index (χ3n) is 2.44. The van der Waals surface area contributed by atoms with Crippen LogP contribution in [0, 0.1) is 11.8 Å². The molecule has 0 aromatic heterocycles. The van der Waals surface area contributed by atoms with Gasteiger partial charge in [0.15, 0.2) is 0 Å². The summed E-state index contributed by atoms with van der Waals surface area (Å²) in [6, 6.07) is 5.85. The van der Waals surface area contributed by atoms with E-state index < -0.39 is 0 Å². The monoisotopic (exact) mass is 251 g/mol. The fourth-order valence-electron chi connectivity index (χ4n) is 1.53. The first-order valence-electron chi connectivity index (χ1n) is 6.62. The van der Waals surface area contributed by atoms with Gasteiger partial charge in [-0.05, 0) is 24.0 Å². The first-order valence-corrected chi connectivity index (χ1v) is 6.62. The van der Waals surface area contributed by atoms with Gasteiger partial charge in [-0.2, -0.15) is 0 Å². The molecular weight excluding hydrogens is 226 g/mol. The maximum Gasteiger partial charge on any atom is 0.127 e. The van der Waals surface area contributed by atoms with E-state index in [1.165, 1.54) is 0 Å². The van der Waals surface area contributed by atoms with Crippen molar-refractivity contribution in [1.29, 1.82) is 0 Å². The minimum absolute atomic E-state index is 0.432. The molecule has 1 aromatic carbocycles. The molecule has 1 aromatic rings. The number of rotatable bonds is 7. The molecule has 0 aliphatic carbocycles. The lowest BCUT2D eigenvalue weighted by atomic mass is 10.1. The van der Waals surface area contributed by atoms with E-state index in [9.17, 15) is 0 Å². The molecule has 0 aliphatic heterocycles. The Kier molecular flexibility index (Phi) is 5.99. The fourth-order valence-corrected chi connectivity index (χ4v) is 1.53. The van der Waals surface area contributed by atoms with Crippen molar-refractivity contribution >= 4 is 0 Å². The lowest BCUT2D eigenvalue weighted by Crippen LogP contribution is -2.11. The summed E-state index contributed by atoms with van der Waals surface area (Å²) in [6.45, 7) is 10.3. The molecule has 1 rings (SSSR count). The molecule has 0 spiro atoms. The van der Waals surface area contributed by atoms with E-state index in [1.54, 1.807) is 0 Å². The van der Waals surface area contributed by atoms with Gasteiger partial charge in [-0.3, -0.25) is 0 Å². The van der Waals surface area contributed by atoms with Crippen LogP contribution in [0.25, 0.3) is 0 Å². The standard InChI is InChI=1S/C15H25NO2/c1-11(2)9-17-14-6-5-7-15(13(14)8-16)18-10-12(3)4/h5-7,11-12H,8-10,16H2,1-4H3. The van der Waals surface area contributed by atoms with E-state index in [1.807, 2.05) is 18.2 Å². The maximum atomic E-state index is 5.80. The van der Waals surface area contributed by atoms with E-state index in [0.29, 0.717) is 31.6 Å². The Hall–Kier alpha value is -1.22. The molecule has 0 bridgehead atoms. The van der Waals surface area contributed by atoms with Gasteiger partial charge in [-0.25, -0.2) is 0 Å². The highest BCUT2D eigenvalue weighted by Gasteiger charge is 2.10. The fraction of sp³-hybridized carbons (Fsp3) is 0.600. The highest BCUT2D eigenvalue weighted by molar-refractivity contribution is 5.44. The van der Waals surface area contributed by atoms with Crippen LogP contribution in [0.3, 0.4) is 0 Å². The van der Waals surface area contributed by atoms with Gasteiger partial charge < -0.3 is 15.2 Å². The highest BCUT2D eigenvalue weighted by Crippen LogP contribution is 2.28. The molecule has 3 nitrogen and oxygen atoms in total. The van der Waals surface area contributed by atoms with E-state index >= 15 is 0 Å². The molecule has 18 heavy (non-hydrogen) atoms. The Morgan fingerprint density at radius 2 is 1.39 bits per heavy atom. The minimum atomic E-state index is 0.432. The van der Waals surface area contributed by atoms with Crippen LogP contribution in [-0.2, 0) is 6.54 Å². The van der Waals surface area contributed by atoms with Crippen LogP contribution in [0.2, 0.25) is 0 Å². The first-order chi connectivity index (χ1) is 8.54. The topological polar surface area (TPSA) is 44.5 Å².